The van der Waals surface area contributed by atoms with Gasteiger partial charge in [-0.1, -0.05) is 19.3 Å². The van der Waals surface area contributed by atoms with E-state index in [4.69, 9.17) is 5.73 Å². The van der Waals surface area contributed by atoms with Gasteiger partial charge in [0.2, 0.25) is 5.91 Å². The molecule has 132 valence electrons. The van der Waals surface area contributed by atoms with Gasteiger partial charge in [-0.15, -0.1) is 24.2 Å². The van der Waals surface area contributed by atoms with Gasteiger partial charge in [0.1, 0.15) is 0 Å². The van der Waals surface area contributed by atoms with E-state index in [1.54, 1.807) is 6.07 Å². The number of nitrogens with one attached hydrogen (secondary N) is 2. The molecule has 24 heavy (non-hydrogen) atoms. The number of carbonyl (C=O) groups excluding carboxylic acids is 2. The standard InChI is InChI=1S/C17H23N3O2S.ClH/c18-9-14(11-4-2-1-3-5-11)20-17(22)12-6-7-15-13(8-12)19-16(21)10-23-15;/h6-8,11,14H,1-5,9-10,18H2,(H,19,21)(H,20,22);1H. The molecule has 1 atom stereocenters. The lowest BCUT2D eigenvalue weighted by Gasteiger charge is -2.30. The van der Waals surface area contributed by atoms with Gasteiger partial charge in [-0.3, -0.25) is 9.59 Å². The van der Waals surface area contributed by atoms with Gasteiger partial charge >= 0.3 is 0 Å². The Morgan fingerprint density at radius 2 is 2.08 bits per heavy atom. The van der Waals surface area contributed by atoms with Gasteiger partial charge in [0.05, 0.1) is 11.4 Å². The van der Waals surface area contributed by atoms with Gasteiger partial charge in [-0.05, 0) is 37.0 Å². The fourth-order valence-corrected chi connectivity index (χ4v) is 4.17. The first-order chi connectivity index (χ1) is 11.2. The van der Waals surface area contributed by atoms with Crippen molar-refractivity contribution in [3.05, 3.63) is 23.8 Å². The maximum absolute atomic E-state index is 12.5. The summed E-state index contributed by atoms with van der Waals surface area (Å²) in [6.07, 6.45) is 6.00. The summed E-state index contributed by atoms with van der Waals surface area (Å²) in [5.74, 6) is 0.765. The molecule has 1 aliphatic carbocycles. The molecule has 1 unspecified atom stereocenters. The Hall–Kier alpha value is -1.24. The second-order valence-electron chi connectivity index (χ2n) is 6.26. The first-order valence-electron chi connectivity index (χ1n) is 8.25. The topological polar surface area (TPSA) is 84.2 Å². The molecular formula is C17H24ClN3O2S. The molecule has 5 nitrogen and oxygen atoms in total. The highest BCUT2D eigenvalue weighted by Gasteiger charge is 2.25. The number of anilines is 1. The monoisotopic (exact) mass is 369 g/mol. The number of hydrogen-bond donors (Lipinski definition) is 3. The van der Waals surface area contributed by atoms with E-state index in [0.29, 0.717) is 23.8 Å². The van der Waals surface area contributed by atoms with Crippen molar-refractivity contribution in [2.24, 2.45) is 11.7 Å². The first kappa shape index (κ1) is 19.1. The van der Waals surface area contributed by atoms with E-state index in [-0.39, 0.29) is 30.3 Å². The zero-order chi connectivity index (χ0) is 16.2. The molecular weight excluding hydrogens is 346 g/mol. The van der Waals surface area contributed by atoms with Crippen LogP contribution in [0.2, 0.25) is 0 Å². The number of benzene rings is 1. The Morgan fingerprint density at radius 1 is 1.33 bits per heavy atom. The number of amides is 2. The van der Waals surface area contributed by atoms with Crippen molar-refractivity contribution in [1.29, 1.82) is 0 Å². The number of rotatable bonds is 4. The predicted molar refractivity (Wildman–Crippen MR) is 99.9 cm³/mol. The van der Waals surface area contributed by atoms with Gasteiger partial charge in [0.15, 0.2) is 0 Å². The van der Waals surface area contributed by atoms with E-state index in [1.807, 2.05) is 12.1 Å². The molecule has 1 fully saturated rings. The maximum Gasteiger partial charge on any atom is 0.251 e. The number of hydrogen-bond acceptors (Lipinski definition) is 4. The zero-order valence-electron chi connectivity index (χ0n) is 13.5. The lowest BCUT2D eigenvalue weighted by molar-refractivity contribution is -0.113. The lowest BCUT2D eigenvalue weighted by atomic mass is 9.84. The van der Waals surface area contributed by atoms with Crippen LogP contribution in [0.25, 0.3) is 0 Å². The molecule has 0 aromatic heterocycles. The molecule has 0 spiro atoms. The summed E-state index contributed by atoms with van der Waals surface area (Å²) in [6.45, 7) is 0.466. The summed E-state index contributed by atoms with van der Waals surface area (Å²) in [4.78, 5) is 25.0. The van der Waals surface area contributed by atoms with Gasteiger partial charge in [0.25, 0.3) is 5.91 Å². The van der Waals surface area contributed by atoms with Crippen LogP contribution >= 0.6 is 24.2 Å². The molecule has 0 radical (unpaired) electrons. The summed E-state index contributed by atoms with van der Waals surface area (Å²) in [7, 11) is 0. The van der Waals surface area contributed by atoms with Crippen LogP contribution in [0.1, 0.15) is 42.5 Å². The number of thioether (sulfide) groups is 1. The summed E-state index contributed by atoms with van der Waals surface area (Å²) < 4.78 is 0. The van der Waals surface area contributed by atoms with Gasteiger partial charge < -0.3 is 16.4 Å². The predicted octanol–water partition coefficient (Wildman–Crippen LogP) is 2.79. The Bertz CT molecular complexity index is 605. The molecule has 1 aliphatic heterocycles. The van der Waals surface area contributed by atoms with Crippen molar-refractivity contribution in [2.75, 3.05) is 17.6 Å². The largest absolute Gasteiger partial charge is 0.348 e. The smallest absolute Gasteiger partial charge is 0.251 e. The molecule has 4 N–H and O–H groups in total. The second kappa shape index (κ2) is 8.74. The molecule has 2 aliphatic rings. The second-order valence-corrected chi connectivity index (χ2v) is 7.28. The number of nitrogens with two attached hydrogens (primary N) is 1. The Kier molecular flexibility index (Phi) is 6.95. The van der Waals surface area contributed by atoms with Crippen molar-refractivity contribution in [2.45, 2.75) is 43.0 Å². The highest BCUT2D eigenvalue weighted by atomic mass is 35.5. The average Bonchev–Trinajstić information content (AvgIpc) is 2.59. The van der Waals surface area contributed by atoms with Crippen LogP contribution in [0.5, 0.6) is 0 Å². The van der Waals surface area contributed by atoms with E-state index in [2.05, 4.69) is 10.6 Å². The summed E-state index contributed by atoms with van der Waals surface area (Å²) in [5, 5.41) is 5.91. The van der Waals surface area contributed by atoms with E-state index >= 15 is 0 Å². The van der Waals surface area contributed by atoms with Crippen LogP contribution in [0.4, 0.5) is 5.69 Å². The fourth-order valence-electron chi connectivity index (χ4n) is 3.38. The molecule has 2 amide bonds. The Morgan fingerprint density at radius 3 is 2.79 bits per heavy atom. The quantitative estimate of drug-likeness (QED) is 0.761. The van der Waals surface area contributed by atoms with Crippen molar-refractivity contribution in [3.63, 3.8) is 0 Å². The molecule has 7 heteroatoms. The number of halogens is 1. The summed E-state index contributed by atoms with van der Waals surface area (Å²) in [5.41, 5.74) is 7.18. The zero-order valence-corrected chi connectivity index (χ0v) is 15.2. The molecule has 0 bridgehead atoms. The van der Waals surface area contributed by atoms with Crippen molar-refractivity contribution in [3.8, 4) is 0 Å². The van der Waals surface area contributed by atoms with Crippen LogP contribution in [0.3, 0.4) is 0 Å². The fraction of sp³-hybridized carbons (Fsp3) is 0.529. The van der Waals surface area contributed by atoms with E-state index in [9.17, 15) is 9.59 Å². The Labute approximate surface area is 152 Å². The van der Waals surface area contributed by atoms with Crippen molar-refractivity contribution >= 4 is 41.7 Å². The Balaban J connectivity index is 0.00000208. The van der Waals surface area contributed by atoms with Crippen LogP contribution in [0, 0.1) is 5.92 Å². The van der Waals surface area contributed by atoms with Gasteiger partial charge in [-0.2, -0.15) is 0 Å². The minimum atomic E-state index is -0.112. The van der Waals surface area contributed by atoms with E-state index < -0.39 is 0 Å². The van der Waals surface area contributed by atoms with Crippen LogP contribution < -0.4 is 16.4 Å². The third-order valence-corrected chi connectivity index (χ3v) is 5.74. The lowest BCUT2D eigenvalue weighted by Crippen LogP contribution is -2.45. The first-order valence-corrected chi connectivity index (χ1v) is 9.23. The van der Waals surface area contributed by atoms with Crippen molar-refractivity contribution in [1.82, 2.24) is 5.32 Å². The van der Waals surface area contributed by atoms with Gasteiger partial charge in [-0.25, -0.2) is 0 Å². The molecule has 3 rings (SSSR count). The summed E-state index contributed by atoms with van der Waals surface area (Å²) >= 11 is 1.49. The SMILES string of the molecule is Cl.NCC(NC(=O)c1ccc2c(c1)NC(=O)CS2)C1CCCCC1. The molecule has 1 saturated carbocycles. The van der Waals surface area contributed by atoms with Gasteiger partial charge in [0, 0.05) is 23.0 Å². The van der Waals surface area contributed by atoms with Crippen LogP contribution in [-0.2, 0) is 4.79 Å². The summed E-state index contributed by atoms with van der Waals surface area (Å²) in [6, 6.07) is 5.49. The highest BCUT2D eigenvalue weighted by Crippen LogP contribution is 2.32. The van der Waals surface area contributed by atoms with Crippen molar-refractivity contribution < 1.29 is 9.59 Å². The molecule has 1 heterocycles. The number of carbonyl (C=O) groups is 2. The minimum absolute atomic E-state index is 0. The molecule has 0 saturated heterocycles. The highest BCUT2D eigenvalue weighted by molar-refractivity contribution is 8.00. The minimum Gasteiger partial charge on any atom is -0.348 e. The van der Waals surface area contributed by atoms with E-state index in [0.717, 1.165) is 23.4 Å². The normalized spacial score (nSPS) is 18.8. The molecule has 1 aromatic rings. The van der Waals surface area contributed by atoms with Crippen LogP contribution in [0.15, 0.2) is 23.1 Å². The number of fused-ring (bicyclic) bond motifs is 1. The maximum atomic E-state index is 12.5. The van der Waals surface area contributed by atoms with E-state index in [1.165, 1.54) is 31.0 Å². The third kappa shape index (κ3) is 4.43. The third-order valence-electron chi connectivity index (χ3n) is 4.66. The average molecular weight is 370 g/mol. The van der Waals surface area contributed by atoms with Crippen LogP contribution in [-0.4, -0.2) is 30.2 Å². The molecule has 1 aromatic carbocycles.